The molecule has 0 spiro atoms. The van der Waals surface area contributed by atoms with E-state index in [9.17, 15) is 9.18 Å². The second-order valence-electron chi connectivity index (χ2n) is 6.81. The SMILES string of the molecule is COc1cccc(NC(=O)CN2CCCN(Cc3ccc(F)cc3)CC2)c1. The second kappa shape index (κ2) is 9.48. The molecule has 0 aromatic heterocycles. The van der Waals surface area contributed by atoms with Crippen LogP contribution < -0.4 is 10.1 Å². The summed E-state index contributed by atoms with van der Waals surface area (Å²) in [6.45, 7) is 4.79. The lowest BCUT2D eigenvalue weighted by Crippen LogP contribution is -2.36. The van der Waals surface area contributed by atoms with Gasteiger partial charge in [0.15, 0.2) is 0 Å². The fourth-order valence-electron chi connectivity index (χ4n) is 3.29. The van der Waals surface area contributed by atoms with E-state index in [-0.39, 0.29) is 11.7 Å². The molecule has 0 radical (unpaired) electrons. The third kappa shape index (κ3) is 6.05. The van der Waals surface area contributed by atoms with Gasteiger partial charge < -0.3 is 10.1 Å². The van der Waals surface area contributed by atoms with Gasteiger partial charge in [-0.2, -0.15) is 0 Å². The van der Waals surface area contributed by atoms with Gasteiger partial charge in [0.1, 0.15) is 11.6 Å². The molecule has 0 unspecified atom stereocenters. The molecule has 1 heterocycles. The van der Waals surface area contributed by atoms with E-state index >= 15 is 0 Å². The quantitative estimate of drug-likeness (QED) is 0.848. The highest BCUT2D eigenvalue weighted by Gasteiger charge is 2.17. The standard InChI is InChI=1S/C21H26FN3O2/c1-27-20-5-2-4-19(14-20)23-21(26)16-25-11-3-10-24(12-13-25)15-17-6-8-18(22)9-7-17/h2,4-9,14H,3,10-13,15-16H2,1H3,(H,23,26). The number of hydrogen-bond acceptors (Lipinski definition) is 4. The van der Waals surface area contributed by atoms with Gasteiger partial charge in [0.25, 0.3) is 0 Å². The topological polar surface area (TPSA) is 44.8 Å². The van der Waals surface area contributed by atoms with Gasteiger partial charge in [0, 0.05) is 31.4 Å². The molecular weight excluding hydrogens is 345 g/mol. The minimum Gasteiger partial charge on any atom is -0.497 e. The van der Waals surface area contributed by atoms with Crippen molar-refractivity contribution in [2.24, 2.45) is 0 Å². The van der Waals surface area contributed by atoms with Crippen molar-refractivity contribution in [3.63, 3.8) is 0 Å². The van der Waals surface area contributed by atoms with Crippen molar-refractivity contribution in [2.75, 3.05) is 45.2 Å². The number of carbonyl (C=O) groups is 1. The van der Waals surface area contributed by atoms with E-state index in [0.717, 1.165) is 56.1 Å². The molecule has 144 valence electrons. The first-order valence-electron chi connectivity index (χ1n) is 9.25. The molecule has 2 aromatic rings. The first kappa shape index (κ1) is 19.3. The van der Waals surface area contributed by atoms with E-state index < -0.39 is 0 Å². The normalized spacial score (nSPS) is 15.9. The van der Waals surface area contributed by atoms with Crippen molar-refractivity contribution >= 4 is 11.6 Å². The molecule has 2 aromatic carbocycles. The fraction of sp³-hybridized carbons (Fsp3) is 0.381. The molecule has 1 N–H and O–H groups in total. The molecule has 5 nitrogen and oxygen atoms in total. The molecule has 27 heavy (non-hydrogen) atoms. The zero-order valence-electron chi connectivity index (χ0n) is 15.7. The molecule has 6 heteroatoms. The fourth-order valence-corrected chi connectivity index (χ4v) is 3.29. The second-order valence-corrected chi connectivity index (χ2v) is 6.81. The third-order valence-electron chi connectivity index (χ3n) is 4.72. The smallest absolute Gasteiger partial charge is 0.238 e. The number of halogens is 1. The Morgan fingerprint density at radius 3 is 2.59 bits per heavy atom. The molecule has 1 aliphatic heterocycles. The Morgan fingerprint density at radius 2 is 1.81 bits per heavy atom. The van der Waals surface area contributed by atoms with Crippen LogP contribution in [0.2, 0.25) is 0 Å². The molecule has 1 amide bonds. The number of nitrogens with one attached hydrogen (secondary N) is 1. The number of amides is 1. The van der Waals surface area contributed by atoms with Crippen molar-refractivity contribution in [2.45, 2.75) is 13.0 Å². The van der Waals surface area contributed by atoms with Crippen LogP contribution in [0.1, 0.15) is 12.0 Å². The van der Waals surface area contributed by atoms with Crippen LogP contribution in [0.25, 0.3) is 0 Å². The molecule has 0 aliphatic carbocycles. The Hall–Kier alpha value is -2.44. The predicted octanol–water partition coefficient (Wildman–Crippen LogP) is 2.98. The van der Waals surface area contributed by atoms with Gasteiger partial charge in [-0.05, 0) is 49.3 Å². The number of carbonyl (C=O) groups excluding carboxylic acids is 1. The van der Waals surface area contributed by atoms with Crippen LogP contribution >= 0.6 is 0 Å². The summed E-state index contributed by atoms with van der Waals surface area (Å²) in [7, 11) is 1.61. The monoisotopic (exact) mass is 371 g/mol. The number of ether oxygens (including phenoxy) is 1. The van der Waals surface area contributed by atoms with E-state index in [4.69, 9.17) is 4.74 Å². The van der Waals surface area contributed by atoms with Crippen LogP contribution in [0.4, 0.5) is 10.1 Å². The zero-order valence-corrected chi connectivity index (χ0v) is 15.7. The average Bonchev–Trinajstić information content (AvgIpc) is 2.89. The molecule has 1 saturated heterocycles. The van der Waals surface area contributed by atoms with Crippen molar-refractivity contribution < 1.29 is 13.9 Å². The molecule has 1 fully saturated rings. The largest absolute Gasteiger partial charge is 0.497 e. The summed E-state index contributed by atoms with van der Waals surface area (Å²) in [6.07, 6.45) is 1.01. The van der Waals surface area contributed by atoms with Crippen LogP contribution in [0.5, 0.6) is 5.75 Å². The minimum absolute atomic E-state index is 0.0183. The summed E-state index contributed by atoms with van der Waals surface area (Å²) < 4.78 is 18.2. The van der Waals surface area contributed by atoms with Gasteiger partial charge in [-0.3, -0.25) is 14.6 Å². The van der Waals surface area contributed by atoms with E-state index in [1.165, 1.54) is 12.1 Å². The molecule has 0 atom stereocenters. The van der Waals surface area contributed by atoms with Crippen molar-refractivity contribution in [1.82, 2.24) is 9.80 Å². The first-order valence-corrected chi connectivity index (χ1v) is 9.25. The van der Waals surface area contributed by atoms with E-state index in [1.807, 2.05) is 36.4 Å². The Kier molecular flexibility index (Phi) is 6.79. The van der Waals surface area contributed by atoms with Gasteiger partial charge >= 0.3 is 0 Å². The molecule has 0 saturated carbocycles. The number of nitrogens with zero attached hydrogens (tertiary/aromatic N) is 2. The van der Waals surface area contributed by atoms with Crippen LogP contribution in [-0.4, -0.2) is 55.5 Å². The van der Waals surface area contributed by atoms with Crippen molar-refractivity contribution in [3.05, 3.63) is 59.9 Å². The lowest BCUT2D eigenvalue weighted by atomic mass is 10.2. The summed E-state index contributed by atoms with van der Waals surface area (Å²) in [6, 6.07) is 14.0. The lowest BCUT2D eigenvalue weighted by molar-refractivity contribution is -0.117. The van der Waals surface area contributed by atoms with Gasteiger partial charge in [0.05, 0.1) is 13.7 Å². The van der Waals surface area contributed by atoms with Crippen LogP contribution in [0.15, 0.2) is 48.5 Å². The van der Waals surface area contributed by atoms with Crippen molar-refractivity contribution in [3.8, 4) is 5.75 Å². The number of benzene rings is 2. The first-order chi connectivity index (χ1) is 13.1. The number of hydrogen-bond donors (Lipinski definition) is 1. The van der Waals surface area contributed by atoms with Crippen LogP contribution in [0.3, 0.4) is 0 Å². The molecular formula is C21H26FN3O2. The molecule has 1 aliphatic rings. The van der Waals surface area contributed by atoms with Gasteiger partial charge in [-0.15, -0.1) is 0 Å². The zero-order chi connectivity index (χ0) is 19.1. The maximum absolute atomic E-state index is 13.0. The van der Waals surface area contributed by atoms with E-state index in [2.05, 4.69) is 15.1 Å². The highest BCUT2D eigenvalue weighted by atomic mass is 19.1. The Morgan fingerprint density at radius 1 is 1.07 bits per heavy atom. The molecule has 3 rings (SSSR count). The Bertz CT molecular complexity index is 751. The highest BCUT2D eigenvalue weighted by molar-refractivity contribution is 5.92. The highest BCUT2D eigenvalue weighted by Crippen LogP contribution is 2.17. The lowest BCUT2D eigenvalue weighted by Gasteiger charge is -2.21. The Labute approximate surface area is 159 Å². The van der Waals surface area contributed by atoms with Crippen LogP contribution in [0, 0.1) is 5.82 Å². The third-order valence-corrected chi connectivity index (χ3v) is 4.72. The average molecular weight is 371 g/mol. The minimum atomic E-state index is -0.206. The van der Waals surface area contributed by atoms with Crippen LogP contribution in [-0.2, 0) is 11.3 Å². The predicted molar refractivity (Wildman–Crippen MR) is 104 cm³/mol. The van der Waals surface area contributed by atoms with E-state index in [1.54, 1.807) is 7.11 Å². The van der Waals surface area contributed by atoms with E-state index in [0.29, 0.717) is 6.54 Å². The van der Waals surface area contributed by atoms with Gasteiger partial charge in [0.2, 0.25) is 5.91 Å². The number of rotatable bonds is 6. The number of methoxy groups -OCH3 is 1. The maximum atomic E-state index is 13.0. The Balaban J connectivity index is 1.47. The number of anilines is 1. The summed E-state index contributed by atoms with van der Waals surface area (Å²) in [5.41, 5.74) is 1.85. The molecule has 0 bridgehead atoms. The summed E-state index contributed by atoms with van der Waals surface area (Å²) in [4.78, 5) is 16.9. The summed E-state index contributed by atoms with van der Waals surface area (Å²) in [5.74, 6) is 0.497. The summed E-state index contributed by atoms with van der Waals surface area (Å²) in [5, 5.41) is 2.93. The van der Waals surface area contributed by atoms with Gasteiger partial charge in [-0.1, -0.05) is 18.2 Å². The maximum Gasteiger partial charge on any atom is 0.238 e. The van der Waals surface area contributed by atoms with Gasteiger partial charge in [-0.25, -0.2) is 4.39 Å². The summed E-state index contributed by atoms with van der Waals surface area (Å²) >= 11 is 0. The van der Waals surface area contributed by atoms with Crippen molar-refractivity contribution in [1.29, 1.82) is 0 Å².